The lowest BCUT2D eigenvalue weighted by Gasteiger charge is -2.18. The van der Waals surface area contributed by atoms with E-state index < -0.39 is 6.10 Å². The van der Waals surface area contributed by atoms with Gasteiger partial charge in [-0.2, -0.15) is 0 Å². The smallest absolute Gasteiger partial charge is 0.306 e. The van der Waals surface area contributed by atoms with Crippen molar-refractivity contribution in [2.45, 2.75) is 303 Å². The summed E-state index contributed by atoms with van der Waals surface area (Å²) in [5.74, 6) is -0.893. The van der Waals surface area contributed by atoms with Crippen LogP contribution in [0.2, 0.25) is 0 Å². The maximum Gasteiger partial charge on any atom is 0.306 e. The summed E-state index contributed by atoms with van der Waals surface area (Å²) in [5, 5.41) is 0. The summed E-state index contributed by atoms with van der Waals surface area (Å²) in [7, 11) is 0. The lowest BCUT2D eigenvalue weighted by Crippen LogP contribution is -2.30. The van der Waals surface area contributed by atoms with Crippen LogP contribution in [-0.2, 0) is 28.6 Å². The van der Waals surface area contributed by atoms with Crippen LogP contribution in [0.3, 0.4) is 0 Å². The van der Waals surface area contributed by atoms with E-state index >= 15 is 0 Å². The molecule has 6 nitrogen and oxygen atoms in total. The number of carbonyl (C=O) groups is 3. The minimum Gasteiger partial charge on any atom is -0.462 e. The quantitative estimate of drug-likeness (QED) is 0.0262. The van der Waals surface area contributed by atoms with Crippen LogP contribution in [0.5, 0.6) is 0 Å². The number of rotatable bonds is 53. The molecule has 0 saturated heterocycles. The zero-order chi connectivity index (χ0) is 49.3. The van der Waals surface area contributed by atoms with Crippen molar-refractivity contribution < 1.29 is 28.6 Å². The molecule has 1 unspecified atom stereocenters. The molecule has 0 rings (SSSR count). The first-order valence-corrected chi connectivity index (χ1v) is 29.3. The SMILES string of the molecule is CC/C=C\C/C=C\C/C=C\C/C=C\C/C=C\CCCCCCCC(=O)OC(COC(=O)CCCCCCCCC)COC(=O)CCCCCCCCCCCCCCCCCCCCCCCC. The Hall–Kier alpha value is -2.89. The molecule has 0 N–H and O–H groups in total. The number of esters is 3. The number of allylic oxidation sites excluding steroid dienone is 10. The molecule has 0 aromatic carbocycles. The Morgan fingerprint density at radius 3 is 0.897 bits per heavy atom. The zero-order valence-corrected chi connectivity index (χ0v) is 45.1. The number of hydrogen-bond acceptors (Lipinski definition) is 6. The van der Waals surface area contributed by atoms with Gasteiger partial charge in [0.2, 0.25) is 0 Å². The molecule has 0 aliphatic carbocycles. The Kier molecular flexibility index (Phi) is 54.3. The molecular formula is C62H110O6. The highest BCUT2D eigenvalue weighted by Gasteiger charge is 2.19. The molecular weight excluding hydrogens is 841 g/mol. The van der Waals surface area contributed by atoms with E-state index in [1.54, 1.807) is 0 Å². The summed E-state index contributed by atoms with van der Waals surface area (Å²) < 4.78 is 16.8. The maximum absolute atomic E-state index is 12.8. The number of unbranched alkanes of at least 4 members (excludes halogenated alkanes) is 32. The van der Waals surface area contributed by atoms with E-state index in [1.165, 1.54) is 148 Å². The summed E-state index contributed by atoms with van der Waals surface area (Å²) >= 11 is 0. The van der Waals surface area contributed by atoms with Gasteiger partial charge < -0.3 is 14.2 Å². The highest BCUT2D eigenvalue weighted by Crippen LogP contribution is 2.17. The normalized spacial score (nSPS) is 12.5. The van der Waals surface area contributed by atoms with Crippen LogP contribution in [0.25, 0.3) is 0 Å². The summed E-state index contributed by atoms with van der Waals surface area (Å²) in [5.41, 5.74) is 0. The standard InChI is InChI=1S/C62H110O6/c1-4-7-10-13-16-18-20-22-24-26-28-30-32-33-35-37-39-41-43-46-49-52-55-61(64)67-58-59(57-66-60(63)54-51-48-45-15-12-9-6-3)68-62(65)56-53-50-47-44-42-40-38-36-34-31-29-27-25-23-21-19-17-14-11-8-5-2/h8,11,17,19,23,25,29,31,36,38,59H,4-7,9-10,12-16,18,20-22,24,26-28,30,32-35,37,39-58H2,1-3H3/b11-8-,19-17-,25-23-,31-29-,38-36-. The molecule has 0 amide bonds. The van der Waals surface area contributed by atoms with Gasteiger partial charge in [-0.05, 0) is 64.2 Å². The van der Waals surface area contributed by atoms with Gasteiger partial charge >= 0.3 is 17.9 Å². The number of ether oxygens (including phenoxy) is 3. The molecule has 0 fully saturated rings. The first-order chi connectivity index (χ1) is 33.5. The lowest BCUT2D eigenvalue weighted by molar-refractivity contribution is -0.167. The predicted molar refractivity (Wildman–Crippen MR) is 293 cm³/mol. The van der Waals surface area contributed by atoms with Crippen LogP contribution < -0.4 is 0 Å². The number of hydrogen-bond donors (Lipinski definition) is 0. The fraction of sp³-hybridized carbons (Fsp3) is 0.790. The van der Waals surface area contributed by atoms with Crippen LogP contribution in [0.4, 0.5) is 0 Å². The van der Waals surface area contributed by atoms with Gasteiger partial charge in [0.05, 0.1) is 0 Å². The third-order valence-electron chi connectivity index (χ3n) is 12.8. The molecule has 0 bridgehead atoms. The molecule has 394 valence electrons. The fourth-order valence-electron chi connectivity index (χ4n) is 8.41. The van der Waals surface area contributed by atoms with E-state index in [9.17, 15) is 14.4 Å². The van der Waals surface area contributed by atoms with E-state index in [0.29, 0.717) is 19.3 Å². The van der Waals surface area contributed by atoms with Crippen molar-refractivity contribution in [1.29, 1.82) is 0 Å². The second-order valence-corrected chi connectivity index (χ2v) is 19.5. The van der Waals surface area contributed by atoms with E-state index in [-0.39, 0.29) is 31.1 Å². The predicted octanol–water partition coefficient (Wildman–Crippen LogP) is 19.6. The van der Waals surface area contributed by atoms with Crippen molar-refractivity contribution in [1.82, 2.24) is 0 Å². The minimum absolute atomic E-state index is 0.0790. The second-order valence-electron chi connectivity index (χ2n) is 19.5. The van der Waals surface area contributed by atoms with Crippen LogP contribution in [0.15, 0.2) is 60.8 Å². The largest absolute Gasteiger partial charge is 0.462 e. The van der Waals surface area contributed by atoms with Crippen molar-refractivity contribution in [3.05, 3.63) is 60.8 Å². The third kappa shape index (κ3) is 54.1. The Morgan fingerprint density at radius 1 is 0.309 bits per heavy atom. The maximum atomic E-state index is 12.8. The van der Waals surface area contributed by atoms with E-state index in [1.807, 2.05) is 0 Å². The van der Waals surface area contributed by atoms with Gasteiger partial charge in [-0.1, -0.05) is 274 Å². The Labute approximate surface area is 421 Å². The molecule has 0 saturated carbocycles. The van der Waals surface area contributed by atoms with Crippen molar-refractivity contribution in [3.63, 3.8) is 0 Å². The molecule has 1 atom stereocenters. The first-order valence-electron chi connectivity index (χ1n) is 29.3. The van der Waals surface area contributed by atoms with E-state index in [2.05, 4.69) is 81.5 Å². The fourth-order valence-corrected chi connectivity index (χ4v) is 8.41. The van der Waals surface area contributed by atoms with Crippen LogP contribution >= 0.6 is 0 Å². The molecule has 0 spiro atoms. The summed E-state index contributed by atoms with van der Waals surface area (Å²) in [6.45, 7) is 6.50. The monoisotopic (exact) mass is 951 g/mol. The summed E-state index contributed by atoms with van der Waals surface area (Å²) in [4.78, 5) is 38.0. The average Bonchev–Trinajstić information content (AvgIpc) is 3.34. The van der Waals surface area contributed by atoms with E-state index in [0.717, 1.165) is 109 Å². The van der Waals surface area contributed by atoms with Gasteiger partial charge in [-0.15, -0.1) is 0 Å². The van der Waals surface area contributed by atoms with Gasteiger partial charge in [0, 0.05) is 19.3 Å². The molecule has 68 heavy (non-hydrogen) atoms. The summed E-state index contributed by atoms with van der Waals surface area (Å²) in [6.07, 6.45) is 71.0. The van der Waals surface area contributed by atoms with Crippen molar-refractivity contribution >= 4 is 17.9 Å². The van der Waals surface area contributed by atoms with Crippen LogP contribution in [-0.4, -0.2) is 37.2 Å². The molecule has 0 aromatic heterocycles. The molecule has 0 heterocycles. The average molecular weight is 952 g/mol. The first kappa shape index (κ1) is 65.1. The van der Waals surface area contributed by atoms with E-state index in [4.69, 9.17) is 14.2 Å². The highest BCUT2D eigenvalue weighted by atomic mass is 16.6. The summed E-state index contributed by atoms with van der Waals surface area (Å²) in [6, 6.07) is 0. The molecule has 6 heteroatoms. The van der Waals surface area contributed by atoms with Crippen LogP contribution in [0, 0.1) is 0 Å². The van der Waals surface area contributed by atoms with Gasteiger partial charge in [-0.3, -0.25) is 14.4 Å². The Morgan fingerprint density at radius 2 is 0.574 bits per heavy atom. The molecule has 0 radical (unpaired) electrons. The van der Waals surface area contributed by atoms with Gasteiger partial charge in [-0.25, -0.2) is 0 Å². The van der Waals surface area contributed by atoms with Gasteiger partial charge in [0.25, 0.3) is 0 Å². The van der Waals surface area contributed by atoms with Gasteiger partial charge in [0.15, 0.2) is 6.10 Å². The highest BCUT2D eigenvalue weighted by molar-refractivity contribution is 5.71. The lowest BCUT2D eigenvalue weighted by atomic mass is 10.0. The van der Waals surface area contributed by atoms with Crippen molar-refractivity contribution in [2.75, 3.05) is 13.2 Å². The second kappa shape index (κ2) is 56.7. The molecule has 0 aromatic rings. The van der Waals surface area contributed by atoms with Crippen LogP contribution in [0.1, 0.15) is 297 Å². The molecule has 0 aliphatic rings. The topological polar surface area (TPSA) is 78.9 Å². The third-order valence-corrected chi connectivity index (χ3v) is 12.8. The zero-order valence-electron chi connectivity index (χ0n) is 45.1. The van der Waals surface area contributed by atoms with Crippen molar-refractivity contribution in [2.24, 2.45) is 0 Å². The Balaban J connectivity index is 4.20. The van der Waals surface area contributed by atoms with Gasteiger partial charge in [0.1, 0.15) is 13.2 Å². The minimum atomic E-state index is -0.780. The van der Waals surface area contributed by atoms with Crippen molar-refractivity contribution in [3.8, 4) is 0 Å². The number of carbonyl (C=O) groups excluding carboxylic acids is 3. The molecule has 0 aliphatic heterocycles. The Bertz CT molecular complexity index is 1230.